The number of hydrogen-bond donors (Lipinski definition) is 0. The molecular weight excluding hydrogens is 368 g/mol. The number of benzene rings is 1. The van der Waals surface area contributed by atoms with E-state index in [0.29, 0.717) is 0 Å². The Morgan fingerprint density at radius 2 is 1.68 bits per heavy atom. The predicted octanol–water partition coefficient (Wildman–Crippen LogP) is 1.20. The molecule has 0 bridgehead atoms. The minimum Gasteiger partial charge on any atom is -1.00 e. The van der Waals surface area contributed by atoms with Crippen LogP contribution >= 0.6 is 0 Å². The Morgan fingerprint density at radius 1 is 0.929 bits per heavy atom. The predicted molar refractivity (Wildman–Crippen MR) is 107 cm³/mol. The molecule has 4 aromatic rings. The number of aryl methyl sites for hydroxylation is 3. The lowest BCUT2D eigenvalue weighted by atomic mass is 10.1. The smallest absolute Gasteiger partial charge is 0.249 e. The van der Waals surface area contributed by atoms with Crippen LogP contribution in [0.25, 0.3) is 17.1 Å². The Bertz CT molecular complexity index is 1060. The monoisotopic (exact) mass is 390 g/mol. The lowest BCUT2D eigenvalue weighted by Crippen LogP contribution is -3.00. The van der Waals surface area contributed by atoms with Gasteiger partial charge in [-0.15, -0.1) is 0 Å². The maximum atomic E-state index is 4.77. The van der Waals surface area contributed by atoms with Gasteiger partial charge in [0.2, 0.25) is 6.33 Å². The Kier molecular flexibility index (Phi) is 5.90. The molecule has 0 N–H and O–H groups in total. The van der Waals surface area contributed by atoms with E-state index in [0.717, 1.165) is 23.6 Å². The number of hydrogen-bond acceptors (Lipinski definition) is 2. The van der Waals surface area contributed by atoms with E-state index in [2.05, 4.69) is 71.8 Å². The first-order chi connectivity index (χ1) is 13.1. The fourth-order valence-electron chi connectivity index (χ4n) is 3.61. The zero-order chi connectivity index (χ0) is 18.8. The summed E-state index contributed by atoms with van der Waals surface area (Å²) in [5, 5.41) is 0. The summed E-state index contributed by atoms with van der Waals surface area (Å²) in [6.07, 6.45) is 8.12. The van der Waals surface area contributed by atoms with Crippen LogP contribution < -0.4 is 17.0 Å². The zero-order valence-corrected chi connectivity index (χ0v) is 17.1. The van der Waals surface area contributed by atoms with Crippen LogP contribution in [0.5, 0.6) is 0 Å². The van der Waals surface area contributed by atoms with Crippen molar-refractivity contribution in [1.82, 2.24) is 14.5 Å². The highest BCUT2D eigenvalue weighted by atomic mass is 35.5. The molecule has 0 spiro atoms. The van der Waals surface area contributed by atoms with Crippen molar-refractivity contribution in [2.45, 2.75) is 27.3 Å². The summed E-state index contributed by atoms with van der Waals surface area (Å²) >= 11 is 0. The normalized spacial score (nSPS) is 10.5. The number of aromatic nitrogens is 4. The first-order valence-corrected chi connectivity index (χ1v) is 9.13. The Balaban J connectivity index is 0.00000225. The molecule has 0 saturated carbocycles. The minimum absolute atomic E-state index is 0. The summed E-state index contributed by atoms with van der Waals surface area (Å²) in [7, 11) is 0. The number of pyridine rings is 2. The number of nitrogens with zero attached hydrogens (tertiary/aromatic N) is 4. The summed E-state index contributed by atoms with van der Waals surface area (Å²) in [4.78, 5) is 9.17. The average Bonchev–Trinajstić information content (AvgIpc) is 3.10. The van der Waals surface area contributed by atoms with Crippen LogP contribution in [0, 0.1) is 20.8 Å². The van der Waals surface area contributed by atoms with Gasteiger partial charge in [0.15, 0.2) is 0 Å². The number of imidazole rings is 1. The van der Waals surface area contributed by atoms with Crippen molar-refractivity contribution in [2.75, 3.05) is 0 Å². The molecule has 0 aliphatic carbocycles. The van der Waals surface area contributed by atoms with E-state index in [1.54, 1.807) is 6.20 Å². The van der Waals surface area contributed by atoms with E-state index in [4.69, 9.17) is 4.98 Å². The van der Waals surface area contributed by atoms with Crippen LogP contribution in [-0.4, -0.2) is 14.5 Å². The van der Waals surface area contributed by atoms with E-state index < -0.39 is 0 Å². The summed E-state index contributed by atoms with van der Waals surface area (Å²) in [5.41, 5.74) is 7.92. The van der Waals surface area contributed by atoms with Gasteiger partial charge in [-0.3, -0.25) is 4.98 Å². The lowest BCUT2D eigenvalue weighted by molar-refractivity contribution is -0.688. The SMILES string of the molecule is Cc1cc(C)c(-n2cc[n+](Cc3cccc(-c4ccccn4)n3)c2)c(C)c1.[Cl-]. The van der Waals surface area contributed by atoms with Gasteiger partial charge in [-0.25, -0.2) is 14.1 Å². The van der Waals surface area contributed by atoms with Gasteiger partial charge in [-0.2, -0.15) is 0 Å². The van der Waals surface area contributed by atoms with Crippen molar-refractivity contribution in [3.8, 4) is 17.1 Å². The van der Waals surface area contributed by atoms with Crippen molar-refractivity contribution < 1.29 is 17.0 Å². The van der Waals surface area contributed by atoms with Crippen molar-refractivity contribution in [1.29, 1.82) is 0 Å². The third-order valence-corrected chi connectivity index (χ3v) is 4.66. The average molecular weight is 391 g/mol. The highest BCUT2D eigenvalue weighted by Gasteiger charge is 2.13. The maximum Gasteiger partial charge on any atom is 0.249 e. The van der Waals surface area contributed by atoms with Crippen LogP contribution in [0.4, 0.5) is 0 Å². The molecule has 0 unspecified atom stereocenters. The van der Waals surface area contributed by atoms with Gasteiger partial charge in [-0.1, -0.05) is 29.8 Å². The Hall–Kier alpha value is -2.98. The van der Waals surface area contributed by atoms with Gasteiger partial charge < -0.3 is 12.4 Å². The highest BCUT2D eigenvalue weighted by Crippen LogP contribution is 2.20. The molecule has 1 aromatic carbocycles. The van der Waals surface area contributed by atoms with Crippen molar-refractivity contribution in [3.05, 3.63) is 95.8 Å². The molecule has 0 atom stereocenters. The first-order valence-electron chi connectivity index (χ1n) is 9.13. The van der Waals surface area contributed by atoms with E-state index >= 15 is 0 Å². The Morgan fingerprint density at radius 3 is 2.39 bits per heavy atom. The van der Waals surface area contributed by atoms with Gasteiger partial charge in [-0.05, 0) is 56.2 Å². The maximum absolute atomic E-state index is 4.77. The first kappa shape index (κ1) is 19.8. The van der Waals surface area contributed by atoms with Gasteiger partial charge in [0.05, 0.1) is 17.1 Å². The minimum atomic E-state index is 0. The van der Waals surface area contributed by atoms with Crippen LogP contribution in [0.15, 0.2) is 73.4 Å². The van der Waals surface area contributed by atoms with Crippen LogP contribution in [0.1, 0.15) is 22.4 Å². The zero-order valence-electron chi connectivity index (χ0n) is 16.3. The molecule has 0 fully saturated rings. The fourth-order valence-corrected chi connectivity index (χ4v) is 3.61. The van der Waals surface area contributed by atoms with Gasteiger partial charge in [0.1, 0.15) is 24.6 Å². The quantitative estimate of drug-likeness (QED) is 0.491. The summed E-state index contributed by atoms with van der Waals surface area (Å²) in [5.74, 6) is 0. The van der Waals surface area contributed by atoms with Gasteiger partial charge >= 0.3 is 0 Å². The molecule has 4 rings (SSSR count). The lowest BCUT2D eigenvalue weighted by Gasteiger charge is -2.07. The van der Waals surface area contributed by atoms with E-state index in [1.165, 1.54) is 22.4 Å². The number of rotatable bonds is 4. The third kappa shape index (κ3) is 4.12. The summed E-state index contributed by atoms with van der Waals surface area (Å²) in [6, 6.07) is 16.4. The van der Waals surface area contributed by atoms with E-state index in [9.17, 15) is 0 Å². The largest absolute Gasteiger partial charge is 1.00 e. The highest BCUT2D eigenvalue weighted by molar-refractivity contribution is 5.53. The molecular formula is C23H23ClN4. The molecule has 142 valence electrons. The topological polar surface area (TPSA) is 34.6 Å². The van der Waals surface area contributed by atoms with Crippen molar-refractivity contribution in [3.63, 3.8) is 0 Å². The molecule has 5 heteroatoms. The third-order valence-electron chi connectivity index (χ3n) is 4.66. The molecule has 28 heavy (non-hydrogen) atoms. The molecule has 3 aromatic heterocycles. The standard InChI is InChI=1S/C23H23N4.ClH/c1-17-13-18(2)23(19(3)14-17)27-12-11-26(16-27)15-20-7-6-9-22(25-20)21-8-4-5-10-24-21;/h4-14,16H,15H2,1-3H3;1H/q+1;/p-1. The van der Waals surface area contributed by atoms with Gasteiger partial charge in [0, 0.05) is 6.20 Å². The number of halogens is 1. The molecule has 0 saturated heterocycles. The fraction of sp³-hybridized carbons (Fsp3) is 0.174. The van der Waals surface area contributed by atoms with E-state index in [-0.39, 0.29) is 12.4 Å². The molecule has 0 aliphatic heterocycles. The van der Waals surface area contributed by atoms with E-state index in [1.807, 2.05) is 30.3 Å². The molecule has 4 nitrogen and oxygen atoms in total. The molecule has 0 radical (unpaired) electrons. The molecule has 3 heterocycles. The summed E-state index contributed by atoms with van der Waals surface area (Å²) < 4.78 is 4.34. The van der Waals surface area contributed by atoms with Gasteiger partial charge in [0.25, 0.3) is 0 Å². The Labute approximate surface area is 172 Å². The molecule has 0 aliphatic rings. The van der Waals surface area contributed by atoms with Crippen molar-refractivity contribution >= 4 is 0 Å². The molecule has 0 amide bonds. The summed E-state index contributed by atoms with van der Waals surface area (Å²) in [6.45, 7) is 7.19. The van der Waals surface area contributed by atoms with Crippen molar-refractivity contribution in [2.24, 2.45) is 0 Å². The second-order valence-electron chi connectivity index (χ2n) is 6.97. The second kappa shape index (κ2) is 8.36. The van der Waals surface area contributed by atoms with Crippen LogP contribution in [-0.2, 0) is 6.54 Å². The van der Waals surface area contributed by atoms with Crippen LogP contribution in [0.2, 0.25) is 0 Å². The van der Waals surface area contributed by atoms with Crippen LogP contribution in [0.3, 0.4) is 0 Å². The second-order valence-corrected chi connectivity index (χ2v) is 6.97.